The Morgan fingerprint density at radius 1 is 0.446 bits per heavy atom. The Hall–Kier alpha value is -6.60. The summed E-state index contributed by atoms with van der Waals surface area (Å²) in [5.74, 6) is -2.45. The Kier molecular flexibility index (Phi) is 45.3. The van der Waals surface area contributed by atoms with Gasteiger partial charge in [0.05, 0.1) is 33.4 Å². The van der Waals surface area contributed by atoms with Crippen molar-refractivity contribution in [3.63, 3.8) is 0 Å². The number of esters is 5. The molecule has 5 atom stereocenters. The van der Waals surface area contributed by atoms with Crippen molar-refractivity contribution in [2.45, 2.75) is 178 Å². The van der Waals surface area contributed by atoms with E-state index in [9.17, 15) is 47.9 Å². The average Bonchev–Trinajstić information content (AvgIpc) is 3.29. The third-order valence-corrected chi connectivity index (χ3v) is 8.50. The zero-order valence-electron chi connectivity index (χ0n) is 47.6. The van der Waals surface area contributed by atoms with E-state index in [0.717, 1.165) is 30.4 Å². The molecule has 0 rings (SSSR count). The van der Waals surface area contributed by atoms with E-state index >= 15 is 0 Å². The van der Waals surface area contributed by atoms with Crippen LogP contribution in [0.25, 0.3) is 0 Å². The van der Waals surface area contributed by atoms with Crippen molar-refractivity contribution in [2.75, 3.05) is 20.8 Å². The van der Waals surface area contributed by atoms with Crippen molar-refractivity contribution in [3.05, 3.63) is 63.3 Å². The molecular weight excluding hydrogens is 959 g/mol. The number of hydrogen-bond donors (Lipinski definition) is 5. The Morgan fingerprint density at radius 3 is 1.00 bits per heavy atom. The molecule has 0 aromatic heterocycles. The Morgan fingerprint density at radius 2 is 0.743 bits per heavy atom. The van der Waals surface area contributed by atoms with Gasteiger partial charge in [0, 0.05) is 6.04 Å². The lowest BCUT2D eigenvalue weighted by Gasteiger charge is -2.25. The van der Waals surface area contributed by atoms with Crippen LogP contribution in [0.3, 0.4) is 0 Å². The van der Waals surface area contributed by atoms with Gasteiger partial charge >= 0.3 is 29.8 Å². The second-order valence-electron chi connectivity index (χ2n) is 19.3. The predicted molar refractivity (Wildman–Crippen MR) is 286 cm³/mol. The van der Waals surface area contributed by atoms with Gasteiger partial charge in [-0.3, -0.25) is 28.8 Å². The SMILES string of the molecule is C=CC(=O)NC(C)CC(=O)OC.C=CC(=O)NC(CC(C)C)C(=O)OC.C=CC(=O)NC(CC(C)C)C(=O)OC(C)(C)C.C=CC(=O)NC(CC(C)C)C(=O)OC(C)C.C=CC(=O)NC(CC(C)C)C(=O)OCC. The topological polar surface area (TPSA) is 277 Å². The first-order chi connectivity index (χ1) is 34.1. The van der Waals surface area contributed by atoms with Gasteiger partial charge in [-0.25, -0.2) is 19.2 Å². The lowest BCUT2D eigenvalue weighted by atomic mass is 10.0. The predicted octanol–water partition coefficient (Wildman–Crippen LogP) is 6.08. The fraction of sp³-hybridized carbons (Fsp3) is 0.630. The molecule has 0 saturated heterocycles. The second-order valence-corrected chi connectivity index (χ2v) is 19.3. The number of nitrogens with one attached hydrogen (secondary N) is 5. The molecule has 0 aromatic carbocycles. The summed E-state index contributed by atoms with van der Waals surface area (Å²) in [5.41, 5.74) is -0.550. The van der Waals surface area contributed by atoms with Gasteiger partial charge in [0.2, 0.25) is 29.5 Å². The molecule has 0 bridgehead atoms. The third-order valence-electron chi connectivity index (χ3n) is 8.50. The van der Waals surface area contributed by atoms with E-state index in [1.54, 1.807) is 48.5 Å². The molecule has 20 nitrogen and oxygen atoms in total. The summed E-state index contributed by atoms with van der Waals surface area (Å²) >= 11 is 0. The minimum absolute atomic E-state index is 0.177. The molecule has 74 heavy (non-hydrogen) atoms. The fourth-order valence-corrected chi connectivity index (χ4v) is 5.42. The van der Waals surface area contributed by atoms with Crippen LogP contribution in [0.2, 0.25) is 0 Å². The van der Waals surface area contributed by atoms with E-state index < -0.39 is 41.7 Å². The van der Waals surface area contributed by atoms with Crippen molar-refractivity contribution in [1.29, 1.82) is 0 Å². The van der Waals surface area contributed by atoms with Crippen molar-refractivity contribution in [2.24, 2.45) is 23.7 Å². The zero-order chi connectivity index (χ0) is 58.9. The molecule has 0 saturated carbocycles. The lowest BCUT2D eigenvalue weighted by molar-refractivity contribution is -0.159. The highest BCUT2D eigenvalue weighted by Gasteiger charge is 2.27. The van der Waals surface area contributed by atoms with Crippen molar-refractivity contribution >= 4 is 59.4 Å². The van der Waals surface area contributed by atoms with Crippen LogP contribution in [0, 0.1) is 23.7 Å². The van der Waals surface area contributed by atoms with Crippen LogP contribution in [0.15, 0.2) is 63.3 Å². The maximum absolute atomic E-state index is 11.9. The molecule has 5 unspecified atom stereocenters. The highest BCUT2D eigenvalue weighted by atomic mass is 16.6. The van der Waals surface area contributed by atoms with Crippen LogP contribution in [-0.4, -0.2) is 122 Å². The van der Waals surface area contributed by atoms with Crippen molar-refractivity contribution < 1.29 is 71.6 Å². The first kappa shape index (κ1) is 76.3. The highest BCUT2D eigenvalue weighted by Crippen LogP contribution is 2.13. The van der Waals surface area contributed by atoms with E-state index in [0.29, 0.717) is 50.0 Å². The molecule has 0 spiro atoms. The molecule has 0 aliphatic carbocycles. The summed E-state index contributed by atoms with van der Waals surface area (Å²) in [6.07, 6.45) is 7.98. The summed E-state index contributed by atoms with van der Waals surface area (Å²) in [5, 5.41) is 12.8. The standard InChI is InChI=1S/C13H23NO3.C12H21NO3.C11H19NO3.C10H17NO3.C8H13NO3/c1-7-11(15)14-10(8-9(2)3)12(16)17-13(4,5)6;1-6-11(14)13-10(7-8(2)3)12(15)16-9(4)5;1-5-10(13)12-9(7-8(3)4)11(14)15-6-2;1-5-9(12)11-8(6-7(2)3)10(13)14-4;1-4-7(10)9-6(2)5-8(11)12-3/h7,9-10H,1,8H2,2-6H3,(H,14,15);6,8-10H,1,7H2,2-5H3,(H,13,14);5,8-9H,1,6-7H2,2-4H3,(H,12,13);5,7-8H,1,6H2,2-4H3,(H,11,12);4,6H,1,5H2,2-3H3,(H,9,10). The van der Waals surface area contributed by atoms with E-state index in [-0.39, 0.29) is 71.9 Å². The number of carbonyl (C=O) groups is 10. The maximum Gasteiger partial charge on any atom is 0.329 e. The number of amides is 5. The number of carbonyl (C=O) groups excluding carboxylic acids is 10. The van der Waals surface area contributed by atoms with E-state index in [1.165, 1.54) is 14.2 Å². The second kappa shape index (κ2) is 43.9. The summed E-state index contributed by atoms with van der Waals surface area (Å²) in [6.45, 7) is 45.2. The van der Waals surface area contributed by atoms with Gasteiger partial charge < -0.3 is 50.3 Å². The molecule has 0 radical (unpaired) electrons. The molecule has 0 aromatic rings. The lowest BCUT2D eigenvalue weighted by Crippen LogP contribution is -2.44. The Labute approximate surface area is 442 Å². The minimum Gasteiger partial charge on any atom is -0.469 e. The summed E-state index contributed by atoms with van der Waals surface area (Å²) in [4.78, 5) is 112. The van der Waals surface area contributed by atoms with Crippen LogP contribution in [0.4, 0.5) is 0 Å². The molecule has 5 N–H and O–H groups in total. The third kappa shape index (κ3) is 47.7. The summed E-state index contributed by atoms with van der Waals surface area (Å²) in [7, 11) is 2.61. The first-order valence-electron chi connectivity index (χ1n) is 24.5. The van der Waals surface area contributed by atoms with Gasteiger partial charge in [0.1, 0.15) is 29.8 Å². The quantitative estimate of drug-likeness (QED) is 0.0373. The largest absolute Gasteiger partial charge is 0.469 e. The summed E-state index contributed by atoms with van der Waals surface area (Å²) in [6, 6.07) is -2.57. The Balaban J connectivity index is -0.000000269. The number of ether oxygens (including phenoxy) is 5. The van der Waals surface area contributed by atoms with Crippen LogP contribution >= 0.6 is 0 Å². The van der Waals surface area contributed by atoms with Gasteiger partial charge in [-0.2, -0.15) is 0 Å². The highest BCUT2D eigenvalue weighted by molar-refractivity contribution is 5.93. The molecule has 5 amide bonds. The van der Waals surface area contributed by atoms with E-state index in [1.807, 2.05) is 55.4 Å². The normalized spacial score (nSPS) is 12.2. The molecule has 0 aliphatic rings. The fourth-order valence-electron chi connectivity index (χ4n) is 5.42. The number of rotatable bonds is 26. The van der Waals surface area contributed by atoms with Gasteiger partial charge in [0.25, 0.3) is 0 Å². The Bertz CT molecular complexity index is 1780. The molecule has 424 valence electrons. The molecule has 0 aliphatic heterocycles. The molecular formula is C54H93N5O15. The van der Waals surface area contributed by atoms with Gasteiger partial charge in [0.15, 0.2) is 0 Å². The molecule has 0 fully saturated rings. The maximum atomic E-state index is 11.9. The summed E-state index contributed by atoms with van der Waals surface area (Å²) < 4.78 is 24.2. The van der Waals surface area contributed by atoms with E-state index in [4.69, 9.17) is 14.2 Å². The number of methoxy groups -OCH3 is 2. The van der Waals surface area contributed by atoms with Crippen molar-refractivity contribution in [3.8, 4) is 0 Å². The monoisotopic (exact) mass is 1050 g/mol. The first-order valence-corrected chi connectivity index (χ1v) is 24.5. The number of hydrogen-bond acceptors (Lipinski definition) is 15. The zero-order valence-corrected chi connectivity index (χ0v) is 47.6. The smallest absolute Gasteiger partial charge is 0.329 e. The van der Waals surface area contributed by atoms with Gasteiger partial charge in [-0.05, 0) is 128 Å². The molecule has 20 heteroatoms. The van der Waals surface area contributed by atoms with Crippen LogP contribution in [0.1, 0.15) is 136 Å². The van der Waals surface area contributed by atoms with Crippen molar-refractivity contribution in [1.82, 2.24) is 26.6 Å². The van der Waals surface area contributed by atoms with Crippen LogP contribution in [0.5, 0.6) is 0 Å². The average molecular weight is 1050 g/mol. The van der Waals surface area contributed by atoms with Crippen LogP contribution in [-0.2, 0) is 71.6 Å². The van der Waals surface area contributed by atoms with Crippen LogP contribution < -0.4 is 26.6 Å². The van der Waals surface area contributed by atoms with Gasteiger partial charge in [-0.15, -0.1) is 0 Å². The van der Waals surface area contributed by atoms with E-state index in [2.05, 4.69) is 69.0 Å². The van der Waals surface area contributed by atoms with Gasteiger partial charge in [-0.1, -0.05) is 88.3 Å². The molecule has 0 heterocycles. The minimum atomic E-state index is -0.611.